The molecule has 0 aliphatic carbocycles. The molecule has 1 saturated heterocycles. The van der Waals surface area contributed by atoms with E-state index in [1.165, 1.54) is 16.8 Å². The Labute approximate surface area is 161 Å². The molecule has 1 amide bonds. The average molecular weight is 441 g/mol. The molecular weight excluding hydrogens is 420 g/mol. The minimum atomic E-state index is -3.60. The summed E-state index contributed by atoms with van der Waals surface area (Å²) in [4.78, 5) is 16.4. The van der Waals surface area contributed by atoms with Gasteiger partial charge in [-0.25, -0.2) is 13.4 Å². The predicted molar refractivity (Wildman–Crippen MR) is 102 cm³/mol. The Hall–Kier alpha value is -1.71. The second kappa shape index (κ2) is 7.50. The minimum absolute atomic E-state index is 0.0493. The summed E-state index contributed by atoms with van der Waals surface area (Å²) in [6.07, 6.45) is 3.94. The van der Waals surface area contributed by atoms with Gasteiger partial charge < -0.3 is 9.88 Å². The van der Waals surface area contributed by atoms with Crippen LogP contribution in [0.3, 0.4) is 0 Å². The molecule has 1 aliphatic rings. The number of halogens is 1. The number of carbonyl (C=O) groups excluding carboxylic acids is 1. The van der Waals surface area contributed by atoms with Crippen LogP contribution in [0.25, 0.3) is 0 Å². The van der Waals surface area contributed by atoms with Crippen molar-refractivity contribution in [2.24, 2.45) is 13.0 Å². The van der Waals surface area contributed by atoms with E-state index in [9.17, 15) is 13.2 Å². The Morgan fingerprint density at radius 1 is 1.31 bits per heavy atom. The number of anilines is 1. The highest BCUT2D eigenvalue weighted by Crippen LogP contribution is 2.25. The Morgan fingerprint density at radius 3 is 2.58 bits per heavy atom. The lowest BCUT2D eigenvalue weighted by Gasteiger charge is -2.30. The molecule has 7 nitrogen and oxygen atoms in total. The lowest BCUT2D eigenvalue weighted by Crippen LogP contribution is -2.41. The molecule has 2 aromatic rings. The van der Waals surface area contributed by atoms with Crippen molar-refractivity contribution in [2.75, 3.05) is 18.4 Å². The van der Waals surface area contributed by atoms with E-state index in [4.69, 9.17) is 0 Å². The molecule has 1 aromatic heterocycles. The quantitative estimate of drug-likeness (QED) is 0.791. The first-order valence-electron chi connectivity index (χ1n) is 8.32. The van der Waals surface area contributed by atoms with Gasteiger partial charge in [-0.15, -0.1) is 0 Å². The standard InChI is InChI=1S/C17H21BrN4O3S/c1-12-9-14(3-4-15(12)18)20-17(23)13-5-7-22(8-6-13)26(24,25)16-10-21(2)11-19-16/h3-4,9-11,13H,5-8H2,1-2H3,(H,20,23). The van der Waals surface area contributed by atoms with Crippen LogP contribution in [0.2, 0.25) is 0 Å². The number of hydrogen-bond acceptors (Lipinski definition) is 4. The number of aromatic nitrogens is 2. The number of piperidine rings is 1. The van der Waals surface area contributed by atoms with E-state index in [2.05, 4.69) is 26.2 Å². The van der Waals surface area contributed by atoms with Crippen molar-refractivity contribution in [3.05, 3.63) is 40.8 Å². The molecule has 0 atom stereocenters. The summed E-state index contributed by atoms with van der Waals surface area (Å²) in [6, 6.07) is 5.64. The Balaban J connectivity index is 1.61. The zero-order valence-electron chi connectivity index (χ0n) is 14.6. The smallest absolute Gasteiger partial charge is 0.262 e. The summed E-state index contributed by atoms with van der Waals surface area (Å²) in [5.41, 5.74) is 1.79. The number of imidazole rings is 1. The first-order chi connectivity index (χ1) is 12.3. The monoisotopic (exact) mass is 440 g/mol. The zero-order valence-corrected chi connectivity index (χ0v) is 17.0. The van der Waals surface area contributed by atoms with Gasteiger partial charge in [0.2, 0.25) is 5.91 Å². The van der Waals surface area contributed by atoms with E-state index in [-0.39, 0.29) is 16.9 Å². The lowest BCUT2D eigenvalue weighted by atomic mass is 9.97. The summed E-state index contributed by atoms with van der Waals surface area (Å²) in [6.45, 7) is 2.59. The van der Waals surface area contributed by atoms with Gasteiger partial charge in [-0.3, -0.25) is 4.79 Å². The second-order valence-electron chi connectivity index (χ2n) is 6.51. The molecule has 0 bridgehead atoms. The van der Waals surface area contributed by atoms with Crippen LogP contribution in [0.5, 0.6) is 0 Å². The fraction of sp³-hybridized carbons (Fsp3) is 0.412. The molecule has 26 heavy (non-hydrogen) atoms. The first-order valence-corrected chi connectivity index (χ1v) is 10.6. The van der Waals surface area contributed by atoms with Crippen molar-refractivity contribution in [3.8, 4) is 0 Å². The highest BCUT2D eigenvalue weighted by molar-refractivity contribution is 9.10. The Bertz CT molecular complexity index is 918. The maximum Gasteiger partial charge on any atom is 0.262 e. The summed E-state index contributed by atoms with van der Waals surface area (Å²) in [7, 11) is -1.87. The molecular formula is C17H21BrN4O3S. The molecule has 0 spiro atoms. The maximum atomic E-state index is 12.6. The van der Waals surface area contributed by atoms with Gasteiger partial charge in [-0.2, -0.15) is 4.31 Å². The number of rotatable bonds is 4. The highest BCUT2D eigenvalue weighted by atomic mass is 79.9. The molecule has 1 aliphatic heterocycles. The van der Waals surface area contributed by atoms with Gasteiger partial charge in [-0.05, 0) is 43.5 Å². The fourth-order valence-electron chi connectivity index (χ4n) is 2.98. The van der Waals surface area contributed by atoms with Gasteiger partial charge in [0, 0.05) is 42.4 Å². The van der Waals surface area contributed by atoms with Crippen molar-refractivity contribution in [2.45, 2.75) is 24.8 Å². The van der Waals surface area contributed by atoms with Gasteiger partial charge >= 0.3 is 0 Å². The van der Waals surface area contributed by atoms with Gasteiger partial charge in [0.25, 0.3) is 10.0 Å². The van der Waals surface area contributed by atoms with E-state index in [1.54, 1.807) is 11.6 Å². The Morgan fingerprint density at radius 2 is 2.00 bits per heavy atom. The number of amides is 1. The molecule has 9 heteroatoms. The zero-order chi connectivity index (χ0) is 18.9. The topological polar surface area (TPSA) is 84.3 Å². The van der Waals surface area contributed by atoms with Crippen molar-refractivity contribution in [1.29, 1.82) is 0 Å². The van der Waals surface area contributed by atoms with E-state index in [1.807, 2.05) is 25.1 Å². The molecule has 0 unspecified atom stereocenters. The van der Waals surface area contributed by atoms with Crippen LogP contribution < -0.4 is 5.32 Å². The SMILES string of the molecule is Cc1cc(NC(=O)C2CCN(S(=O)(=O)c3cn(C)cn3)CC2)ccc1Br. The van der Waals surface area contributed by atoms with Gasteiger partial charge in [-0.1, -0.05) is 15.9 Å². The van der Waals surface area contributed by atoms with Gasteiger partial charge in [0.1, 0.15) is 0 Å². The molecule has 1 N–H and O–H groups in total. The third-order valence-electron chi connectivity index (χ3n) is 4.54. The molecule has 0 saturated carbocycles. The van der Waals surface area contributed by atoms with Crippen LogP contribution in [0.4, 0.5) is 5.69 Å². The molecule has 3 rings (SSSR count). The van der Waals surface area contributed by atoms with Crippen molar-refractivity contribution in [3.63, 3.8) is 0 Å². The van der Waals surface area contributed by atoms with Crippen molar-refractivity contribution >= 4 is 37.5 Å². The summed E-state index contributed by atoms with van der Waals surface area (Å²) < 4.78 is 29.2. The Kier molecular flexibility index (Phi) is 5.50. The van der Waals surface area contributed by atoms with Crippen molar-refractivity contribution in [1.82, 2.24) is 13.9 Å². The number of hydrogen-bond donors (Lipinski definition) is 1. The lowest BCUT2D eigenvalue weighted by molar-refractivity contribution is -0.120. The number of nitrogens with one attached hydrogen (secondary N) is 1. The number of aryl methyl sites for hydroxylation is 2. The predicted octanol–water partition coefficient (Wildman–Crippen LogP) is 2.53. The van der Waals surface area contributed by atoms with E-state index < -0.39 is 10.0 Å². The van der Waals surface area contributed by atoms with Crippen LogP contribution in [0.1, 0.15) is 18.4 Å². The van der Waals surface area contributed by atoms with Crippen LogP contribution in [-0.2, 0) is 21.9 Å². The van der Waals surface area contributed by atoms with Crippen molar-refractivity contribution < 1.29 is 13.2 Å². The third-order valence-corrected chi connectivity index (χ3v) is 7.21. The number of sulfonamides is 1. The number of benzene rings is 1. The molecule has 140 valence electrons. The first kappa shape index (κ1) is 19.1. The van der Waals surface area contributed by atoms with Crippen LogP contribution in [0, 0.1) is 12.8 Å². The van der Waals surface area contributed by atoms with E-state index in [0.29, 0.717) is 25.9 Å². The van der Waals surface area contributed by atoms with Crippen LogP contribution >= 0.6 is 15.9 Å². The largest absolute Gasteiger partial charge is 0.339 e. The average Bonchev–Trinajstić information content (AvgIpc) is 3.05. The molecule has 0 radical (unpaired) electrons. The van der Waals surface area contributed by atoms with Gasteiger partial charge in [0.05, 0.1) is 6.33 Å². The summed E-state index contributed by atoms with van der Waals surface area (Å²) >= 11 is 3.44. The normalized spacial score (nSPS) is 16.6. The molecule has 1 aromatic carbocycles. The maximum absolute atomic E-state index is 12.6. The van der Waals surface area contributed by atoms with Crippen LogP contribution in [-0.4, -0.2) is 41.3 Å². The third kappa shape index (κ3) is 3.99. The summed E-state index contributed by atoms with van der Waals surface area (Å²) in [5, 5.41) is 2.97. The molecule has 2 heterocycles. The van der Waals surface area contributed by atoms with E-state index in [0.717, 1.165) is 15.7 Å². The summed E-state index contributed by atoms with van der Waals surface area (Å²) in [5.74, 6) is -0.268. The highest BCUT2D eigenvalue weighted by Gasteiger charge is 2.33. The molecule has 1 fully saturated rings. The number of nitrogens with zero attached hydrogens (tertiary/aromatic N) is 3. The second-order valence-corrected chi connectivity index (χ2v) is 9.25. The fourth-order valence-corrected chi connectivity index (χ4v) is 4.66. The van der Waals surface area contributed by atoms with Gasteiger partial charge in [0.15, 0.2) is 5.03 Å². The number of carbonyl (C=O) groups is 1. The van der Waals surface area contributed by atoms with Crippen LogP contribution in [0.15, 0.2) is 40.2 Å². The van der Waals surface area contributed by atoms with E-state index >= 15 is 0 Å². The minimum Gasteiger partial charge on any atom is -0.339 e.